The molecule has 0 unspecified atom stereocenters. The fraction of sp³-hybridized carbons (Fsp3) is 0.667. The number of ether oxygens (including phenoxy) is 2. The Morgan fingerprint density at radius 3 is 2.10 bits per heavy atom. The quantitative estimate of drug-likeness (QED) is 0.615. The van der Waals surface area contributed by atoms with Crippen molar-refractivity contribution in [1.29, 1.82) is 0 Å². The maximum Gasteiger partial charge on any atom is 0.163 e. The molecule has 0 amide bonds. The van der Waals surface area contributed by atoms with Gasteiger partial charge in [-0.25, -0.2) is 0 Å². The second kappa shape index (κ2) is 10.4. The van der Waals surface area contributed by atoms with E-state index in [0.717, 1.165) is 55.7 Å². The number of rotatable bonds is 11. The standard InChI is InChI=1S/C18H31NO2/c1-5-11-20-17-10-9-16(13-18(17)21-12-6-2)19-14-15(7-3)8-4/h9-10,13,15,19H,5-8,11-12,14H2,1-4H3. The van der Waals surface area contributed by atoms with E-state index in [1.54, 1.807) is 0 Å². The van der Waals surface area contributed by atoms with Crippen LogP contribution < -0.4 is 14.8 Å². The second-order valence-electron chi connectivity index (χ2n) is 5.42. The van der Waals surface area contributed by atoms with Crippen LogP contribution in [0.1, 0.15) is 53.4 Å². The minimum atomic E-state index is 0.721. The van der Waals surface area contributed by atoms with Gasteiger partial charge >= 0.3 is 0 Å². The molecule has 0 fully saturated rings. The molecule has 0 spiro atoms. The molecule has 0 bridgehead atoms. The largest absolute Gasteiger partial charge is 0.490 e. The van der Waals surface area contributed by atoms with Gasteiger partial charge in [0.1, 0.15) is 0 Å². The van der Waals surface area contributed by atoms with Gasteiger partial charge in [-0.15, -0.1) is 0 Å². The molecule has 0 aliphatic carbocycles. The number of anilines is 1. The third-order valence-corrected chi connectivity index (χ3v) is 3.62. The van der Waals surface area contributed by atoms with Crippen LogP contribution in [0.2, 0.25) is 0 Å². The molecule has 0 saturated carbocycles. The van der Waals surface area contributed by atoms with E-state index < -0.39 is 0 Å². The van der Waals surface area contributed by atoms with Gasteiger partial charge in [0, 0.05) is 18.3 Å². The zero-order valence-electron chi connectivity index (χ0n) is 14.1. The smallest absolute Gasteiger partial charge is 0.163 e. The van der Waals surface area contributed by atoms with Crippen molar-refractivity contribution in [1.82, 2.24) is 0 Å². The van der Waals surface area contributed by atoms with Crippen molar-refractivity contribution in [3.63, 3.8) is 0 Å². The van der Waals surface area contributed by atoms with E-state index in [1.807, 2.05) is 6.07 Å². The third-order valence-electron chi connectivity index (χ3n) is 3.62. The van der Waals surface area contributed by atoms with Crippen molar-refractivity contribution in [3.05, 3.63) is 18.2 Å². The first-order valence-electron chi connectivity index (χ1n) is 8.38. The Hall–Kier alpha value is -1.38. The first-order chi connectivity index (χ1) is 10.2. The Morgan fingerprint density at radius 1 is 0.905 bits per heavy atom. The number of nitrogens with one attached hydrogen (secondary N) is 1. The van der Waals surface area contributed by atoms with E-state index in [9.17, 15) is 0 Å². The Labute approximate surface area is 130 Å². The van der Waals surface area contributed by atoms with E-state index in [2.05, 4.69) is 45.1 Å². The van der Waals surface area contributed by atoms with E-state index in [0.29, 0.717) is 0 Å². The molecule has 1 aromatic carbocycles. The van der Waals surface area contributed by atoms with Crippen LogP contribution in [0.3, 0.4) is 0 Å². The van der Waals surface area contributed by atoms with Gasteiger partial charge in [-0.05, 0) is 30.9 Å². The normalized spacial score (nSPS) is 10.7. The highest BCUT2D eigenvalue weighted by Gasteiger charge is 2.08. The van der Waals surface area contributed by atoms with Gasteiger partial charge < -0.3 is 14.8 Å². The molecule has 1 N–H and O–H groups in total. The molecule has 1 aromatic rings. The molecular weight excluding hydrogens is 262 g/mol. The second-order valence-corrected chi connectivity index (χ2v) is 5.42. The molecule has 3 nitrogen and oxygen atoms in total. The van der Waals surface area contributed by atoms with Crippen molar-refractivity contribution in [2.75, 3.05) is 25.1 Å². The minimum Gasteiger partial charge on any atom is -0.490 e. The summed E-state index contributed by atoms with van der Waals surface area (Å²) in [6.07, 6.45) is 4.42. The monoisotopic (exact) mass is 293 g/mol. The lowest BCUT2D eigenvalue weighted by Gasteiger charge is -2.17. The van der Waals surface area contributed by atoms with Gasteiger partial charge in [0.25, 0.3) is 0 Å². The molecular formula is C18H31NO2. The summed E-state index contributed by atoms with van der Waals surface area (Å²) in [5.41, 5.74) is 1.11. The summed E-state index contributed by atoms with van der Waals surface area (Å²) in [4.78, 5) is 0. The summed E-state index contributed by atoms with van der Waals surface area (Å²) < 4.78 is 11.6. The van der Waals surface area contributed by atoms with Gasteiger partial charge in [-0.1, -0.05) is 40.5 Å². The Kier molecular flexibility index (Phi) is 8.72. The van der Waals surface area contributed by atoms with Crippen molar-refractivity contribution in [2.24, 2.45) is 5.92 Å². The molecule has 0 aliphatic heterocycles. The summed E-state index contributed by atoms with van der Waals surface area (Å²) >= 11 is 0. The molecule has 0 aromatic heterocycles. The summed E-state index contributed by atoms with van der Waals surface area (Å²) in [6.45, 7) is 11.2. The molecule has 120 valence electrons. The Balaban J connectivity index is 2.72. The predicted octanol–water partition coefficient (Wildman–Crippen LogP) is 5.11. The zero-order valence-corrected chi connectivity index (χ0v) is 14.1. The summed E-state index contributed by atoms with van der Waals surface area (Å²) in [5.74, 6) is 2.42. The lowest BCUT2D eigenvalue weighted by Crippen LogP contribution is -2.12. The fourth-order valence-corrected chi connectivity index (χ4v) is 2.11. The van der Waals surface area contributed by atoms with E-state index in [1.165, 1.54) is 12.8 Å². The van der Waals surface area contributed by atoms with Gasteiger partial charge in [0.15, 0.2) is 11.5 Å². The number of hydrogen-bond acceptors (Lipinski definition) is 3. The van der Waals surface area contributed by atoms with Crippen LogP contribution in [0.25, 0.3) is 0 Å². The van der Waals surface area contributed by atoms with Gasteiger partial charge in [-0.2, -0.15) is 0 Å². The Bertz CT molecular complexity index is 389. The minimum absolute atomic E-state index is 0.721. The molecule has 0 atom stereocenters. The molecule has 1 rings (SSSR count). The molecule has 3 heteroatoms. The van der Waals surface area contributed by atoms with Gasteiger partial charge in [0.2, 0.25) is 0 Å². The van der Waals surface area contributed by atoms with Crippen LogP contribution in [0.4, 0.5) is 5.69 Å². The highest BCUT2D eigenvalue weighted by molar-refractivity contribution is 5.54. The maximum absolute atomic E-state index is 5.82. The summed E-state index contributed by atoms with van der Waals surface area (Å²) in [7, 11) is 0. The summed E-state index contributed by atoms with van der Waals surface area (Å²) in [5, 5.41) is 3.51. The zero-order chi connectivity index (χ0) is 15.5. The number of benzene rings is 1. The molecule has 21 heavy (non-hydrogen) atoms. The first kappa shape index (κ1) is 17.7. The van der Waals surface area contributed by atoms with Gasteiger partial charge in [-0.3, -0.25) is 0 Å². The number of hydrogen-bond donors (Lipinski definition) is 1. The van der Waals surface area contributed by atoms with Crippen molar-refractivity contribution >= 4 is 5.69 Å². The van der Waals surface area contributed by atoms with Crippen molar-refractivity contribution in [2.45, 2.75) is 53.4 Å². The topological polar surface area (TPSA) is 30.5 Å². The van der Waals surface area contributed by atoms with Crippen LogP contribution in [-0.4, -0.2) is 19.8 Å². The average molecular weight is 293 g/mol. The Morgan fingerprint density at radius 2 is 1.52 bits per heavy atom. The van der Waals surface area contributed by atoms with Crippen molar-refractivity contribution in [3.8, 4) is 11.5 Å². The van der Waals surface area contributed by atoms with Crippen LogP contribution in [0.15, 0.2) is 18.2 Å². The maximum atomic E-state index is 5.82. The van der Waals surface area contributed by atoms with Crippen LogP contribution >= 0.6 is 0 Å². The van der Waals surface area contributed by atoms with Gasteiger partial charge in [0.05, 0.1) is 13.2 Å². The molecule has 0 saturated heterocycles. The van der Waals surface area contributed by atoms with E-state index in [-0.39, 0.29) is 0 Å². The van der Waals surface area contributed by atoms with E-state index in [4.69, 9.17) is 9.47 Å². The molecule has 0 heterocycles. The predicted molar refractivity (Wildman–Crippen MR) is 90.6 cm³/mol. The van der Waals surface area contributed by atoms with Crippen LogP contribution in [-0.2, 0) is 0 Å². The van der Waals surface area contributed by atoms with Crippen molar-refractivity contribution < 1.29 is 9.47 Å². The average Bonchev–Trinajstić information content (AvgIpc) is 2.52. The molecule has 0 radical (unpaired) electrons. The van der Waals surface area contributed by atoms with Crippen LogP contribution in [0.5, 0.6) is 11.5 Å². The first-order valence-corrected chi connectivity index (χ1v) is 8.38. The highest BCUT2D eigenvalue weighted by Crippen LogP contribution is 2.31. The molecule has 0 aliphatic rings. The SMILES string of the molecule is CCCOc1ccc(NCC(CC)CC)cc1OCCC. The fourth-order valence-electron chi connectivity index (χ4n) is 2.11. The summed E-state index contributed by atoms with van der Waals surface area (Å²) in [6, 6.07) is 6.14. The van der Waals surface area contributed by atoms with Crippen LogP contribution in [0, 0.1) is 5.92 Å². The van der Waals surface area contributed by atoms with E-state index >= 15 is 0 Å². The lowest BCUT2D eigenvalue weighted by atomic mass is 10.0. The lowest BCUT2D eigenvalue weighted by molar-refractivity contribution is 0.268. The highest BCUT2D eigenvalue weighted by atomic mass is 16.5. The third kappa shape index (κ3) is 6.28.